The second kappa shape index (κ2) is 6.16. The third-order valence-corrected chi connectivity index (χ3v) is 3.85. The Morgan fingerprint density at radius 1 is 1.08 bits per heavy atom. The summed E-state index contributed by atoms with van der Waals surface area (Å²) in [6, 6.07) is 11.9. The van der Waals surface area contributed by atoms with E-state index in [1.165, 1.54) is 11.7 Å². The number of methoxy groups -OCH3 is 2. The first-order valence-electron chi connectivity index (χ1n) is 7.29. The summed E-state index contributed by atoms with van der Waals surface area (Å²) in [5.74, 6) is 0.551. The lowest BCUT2D eigenvalue weighted by Gasteiger charge is -2.10. The first-order valence-corrected chi connectivity index (χ1v) is 7.29. The molecule has 0 amide bonds. The Bertz CT molecular complexity index is 992. The second-order valence-electron chi connectivity index (χ2n) is 5.21. The van der Waals surface area contributed by atoms with Gasteiger partial charge in [0.2, 0.25) is 5.78 Å². The number of aromatic nitrogens is 2. The molecule has 24 heavy (non-hydrogen) atoms. The highest BCUT2D eigenvalue weighted by Gasteiger charge is 2.21. The van der Waals surface area contributed by atoms with Gasteiger partial charge in [-0.05, 0) is 24.3 Å². The molecule has 0 N–H and O–H groups in total. The van der Waals surface area contributed by atoms with Crippen LogP contribution in [-0.2, 0) is 7.05 Å². The Kier molecular flexibility index (Phi) is 4.04. The number of para-hydroxylation sites is 1. The van der Waals surface area contributed by atoms with Crippen LogP contribution < -0.4 is 15.0 Å². The maximum atomic E-state index is 12.8. The van der Waals surface area contributed by atoms with Crippen LogP contribution in [0.4, 0.5) is 0 Å². The van der Waals surface area contributed by atoms with E-state index in [2.05, 4.69) is 4.98 Å². The molecule has 0 bridgehead atoms. The van der Waals surface area contributed by atoms with Gasteiger partial charge in [-0.1, -0.05) is 12.1 Å². The Morgan fingerprint density at radius 3 is 2.54 bits per heavy atom. The maximum absolute atomic E-state index is 12.8. The van der Waals surface area contributed by atoms with Crippen molar-refractivity contribution in [3.63, 3.8) is 0 Å². The molecular weight excluding hydrogens is 308 g/mol. The molecule has 3 aromatic rings. The molecule has 0 radical (unpaired) electrons. The Morgan fingerprint density at radius 2 is 1.83 bits per heavy atom. The minimum Gasteiger partial charge on any atom is -0.497 e. The fraction of sp³-hybridized carbons (Fsp3) is 0.167. The molecule has 0 atom stereocenters. The number of fused-ring (bicyclic) bond motifs is 1. The van der Waals surface area contributed by atoms with Crippen LogP contribution >= 0.6 is 0 Å². The Hall–Kier alpha value is -3.15. The van der Waals surface area contributed by atoms with E-state index in [4.69, 9.17) is 9.47 Å². The number of carbonyl (C=O) groups is 1. The molecule has 0 spiro atoms. The molecule has 2 aromatic carbocycles. The quantitative estimate of drug-likeness (QED) is 0.688. The molecule has 1 heterocycles. The van der Waals surface area contributed by atoms with Crippen LogP contribution in [0.25, 0.3) is 11.0 Å². The number of aryl methyl sites for hydroxylation is 1. The summed E-state index contributed by atoms with van der Waals surface area (Å²) in [4.78, 5) is 29.6. The number of hydrogen-bond donors (Lipinski definition) is 0. The van der Waals surface area contributed by atoms with Gasteiger partial charge in [0.25, 0.3) is 5.56 Å². The lowest BCUT2D eigenvalue weighted by atomic mass is 10.1. The number of rotatable bonds is 4. The van der Waals surface area contributed by atoms with Gasteiger partial charge in [0.05, 0.1) is 30.8 Å². The van der Waals surface area contributed by atoms with Crippen LogP contribution in [-0.4, -0.2) is 29.6 Å². The predicted octanol–water partition coefficient (Wildman–Crippen LogP) is 2.18. The van der Waals surface area contributed by atoms with E-state index in [-0.39, 0.29) is 5.69 Å². The summed E-state index contributed by atoms with van der Waals surface area (Å²) < 4.78 is 11.8. The van der Waals surface area contributed by atoms with E-state index in [0.717, 1.165) is 0 Å². The highest BCUT2D eigenvalue weighted by Crippen LogP contribution is 2.21. The SMILES string of the molecule is COc1ccc2nc(C(=O)c3ccccc3OC)c(=O)n(C)c2c1. The van der Waals surface area contributed by atoms with Gasteiger partial charge in [0, 0.05) is 13.1 Å². The van der Waals surface area contributed by atoms with Crippen molar-refractivity contribution in [1.29, 1.82) is 0 Å². The second-order valence-corrected chi connectivity index (χ2v) is 5.21. The summed E-state index contributed by atoms with van der Waals surface area (Å²) in [5, 5.41) is 0. The van der Waals surface area contributed by atoms with E-state index in [1.807, 2.05) is 0 Å². The topological polar surface area (TPSA) is 70.4 Å². The third-order valence-electron chi connectivity index (χ3n) is 3.85. The zero-order chi connectivity index (χ0) is 17.3. The standard InChI is InChI=1S/C18H16N2O4/c1-20-14-10-11(23-2)8-9-13(14)19-16(18(20)22)17(21)12-6-4-5-7-15(12)24-3/h4-10H,1-3H3. The molecule has 0 fully saturated rings. The molecule has 3 rings (SSSR count). The largest absolute Gasteiger partial charge is 0.497 e. The number of hydrogen-bond acceptors (Lipinski definition) is 5. The van der Waals surface area contributed by atoms with Gasteiger partial charge in [-0.25, -0.2) is 4.98 Å². The number of benzene rings is 2. The molecule has 1 aromatic heterocycles. The minimum absolute atomic E-state index is 0.139. The van der Waals surface area contributed by atoms with Crippen molar-refractivity contribution in [2.24, 2.45) is 7.05 Å². The van der Waals surface area contributed by atoms with Crippen molar-refractivity contribution >= 4 is 16.8 Å². The van der Waals surface area contributed by atoms with E-state index in [1.54, 1.807) is 56.6 Å². The van der Waals surface area contributed by atoms with Gasteiger partial charge in [-0.2, -0.15) is 0 Å². The zero-order valence-corrected chi connectivity index (χ0v) is 13.6. The molecule has 0 saturated carbocycles. The highest BCUT2D eigenvalue weighted by molar-refractivity contribution is 6.10. The molecular formula is C18H16N2O4. The lowest BCUT2D eigenvalue weighted by Crippen LogP contribution is -2.27. The molecule has 6 nitrogen and oxygen atoms in total. The van der Waals surface area contributed by atoms with Gasteiger partial charge in [-0.15, -0.1) is 0 Å². The first-order chi connectivity index (χ1) is 11.6. The van der Waals surface area contributed by atoms with Crippen molar-refractivity contribution in [3.8, 4) is 11.5 Å². The van der Waals surface area contributed by atoms with Crippen LogP contribution in [0.2, 0.25) is 0 Å². The normalized spacial score (nSPS) is 10.6. The number of nitrogens with zero attached hydrogens (tertiary/aromatic N) is 2. The number of ketones is 1. The van der Waals surface area contributed by atoms with Gasteiger partial charge in [0.1, 0.15) is 11.5 Å². The lowest BCUT2D eigenvalue weighted by molar-refractivity contribution is 0.103. The van der Waals surface area contributed by atoms with Crippen LogP contribution in [0.1, 0.15) is 16.1 Å². The van der Waals surface area contributed by atoms with Gasteiger partial charge in [0.15, 0.2) is 5.69 Å². The maximum Gasteiger partial charge on any atom is 0.280 e. The molecule has 0 aliphatic carbocycles. The van der Waals surface area contributed by atoms with Gasteiger partial charge in [-0.3, -0.25) is 9.59 Å². The van der Waals surface area contributed by atoms with E-state index in [0.29, 0.717) is 28.1 Å². The molecule has 122 valence electrons. The smallest absolute Gasteiger partial charge is 0.280 e. The molecule has 0 unspecified atom stereocenters. The zero-order valence-electron chi connectivity index (χ0n) is 13.6. The highest BCUT2D eigenvalue weighted by atomic mass is 16.5. The summed E-state index contributed by atoms with van der Waals surface area (Å²) in [6.07, 6.45) is 0. The minimum atomic E-state index is -0.467. The third kappa shape index (κ3) is 2.52. The van der Waals surface area contributed by atoms with E-state index < -0.39 is 11.3 Å². The summed E-state index contributed by atoms with van der Waals surface area (Å²) in [5.41, 5.74) is 0.830. The first kappa shape index (κ1) is 15.7. The molecule has 0 aliphatic heterocycles. The fourth-order valence-corrected chi connectivity index (χ4v) is 2.54. The summed E-state index contributed by atoms with van der Waals surface area (Å²) in [7, 11) is 4.63. The summed E-state index contributed by atoms with van der Waals surface area (Å²) >= 11 is 0. The molecule has 0 saturated heterocycles. The van der Waals surface area contributed by atoms with Crippen molar-refractivity contribution in [2.75, 3.05) is 14.2 Å². The average molecular weight is 324 g/mol. The van der Waals surface area contributed by atoms with Crippen molar-refractivity contribution in [3.05, 3.63) is 64.1 Å². The monoisotopic (exact) mass is 324 g/mol. The average Bonchev–Trinajstić information content (AvgIpc) is 2.63. The number of ether oxygens (including phenoxy) is 2. The Labute approximate surface area is 138 Å². The van der Waals surface area contributed by atoms with Crippen molar-refractivity contribution in [2.45, 2.75) is 0 Å². The predicted molar refractivity (Wildman–Crippen MR) is 90.0 cm³/mol. The van der Waals surface area contributed by atoms with Crippen LogP contribution in [0.3, 0.4) is 0 Å². The number of carbonyl (C=O) groups excluding carboxylic acids is 1. The van der Waals surface area contributed by atoms with E-state index >= 15 is 0 Å². The van der Waals surface area contributed by atoms with Crippen molar-refractivity contribution in [1.82, 2.24) is 9.55 Å². The van der Waals surface area contributed by atoms with Gasteiger partial charge >= 0.3 is 0 Å². The van der Waals surface area contributed by atoms with Gasteiger partial charge < -0.3 is 14.0 Å². The molecule has 6 heteroatoms. The fourth-order valence-electron chi connectivity index (χ4n) is 2.54. The molecule has 0 aliphatic rings. The van der Waals surface area contributed by atoms with Crippen molar-refractivity contribution < 1.29 is 14.3 Å². The Balaban J connectivity index is 2.22. The van der Waals surface area contributed by atoms with Crippen LogP contribution in [0.15, 0.2) is 47.3 Å². The van der Waals surface area contributed by atoms with E-state index in [9.17, 15) is 9.59 Å². The summed E-state index contributed by atoms with van der Waals surface area (Å²) in [6.45, 7) is 0. The van der Waals surface area contributed by atoms with Crippen LogP contribution in [0.5, 0.6) is 11.5 Å². The van der Waals surface area contributed by atoms with Crippen LogP contribution in [0, 0.1) is 0 Å².